The zero-order chi connectivity index (χ0) is 12.1. The van der Waals surface area contributed by atoms with Gasteiger partial charge in [-0.2, -0.15) is 0 Å². The lowest BCUT2D eigenvalue weighted by atomic mass is 10.2. The summed E-state index contributed by atoms with van der Waals surface area (Å²) in [4.78, 5) is 5.93. The number of likely N-dealkylation sites (N-methyl/N-ethyl adjacent to an activating group) is 1. The Kier molecular flexibility index (Phi) is 4.07. The van der Waals surface area contributed by atoms with Gasteiger partial charge in [-0.3, -0.25) is 0 Å². The molecule has 0 spiro atoms. The Morgan fingerprint density at radius 1 is 1.69 bits per heavy atom. The molecule has 1 aromatic rings. The minimum Gasteiger partial charge on any atom is -0.409 e. The first-order chi connectivity index (χ1) is 7.61. The average Bonchev–Trinajstić information content (AvgIpc) is 2.35. The van der Waals surface area contributed by atoms with Crippen molar-refractivity contribution in [2.24, 2.45) is 10.9 Å². The maximum absolute atomic E-state index is 9.07. The number of amidine groups is 1. The number of aliphatic hydroxyl groups excluding tert-OH is 1. The molecule has 0 radical (unpaired) electrons. The Morgan fingerprint density at radius 3 is 2.94 bits per heavy atom. The number of anilines is 1. The van der Waals surface area contributed by atoms with E-state index in [1.165, 1.54) is 0 Å². The van der Waals surface area contributed by atoms with Gasteiger partial charge in [-0.05, 0) is 19.1 Å². The molecule has 16 heavy (non-hydrogen) atoms. The molecular weight excluding hydrogens is 208 g/mol. The van der Waals surface area contributed by atoms with Crippen molar-refractivity contribution in [3.63, 3.8) is 0 Å². The van der Waals surface area contributed by atoms with Gasteiger partial charge in [0.2, 0.25) is 0 Å². The number of hydrogen-bond donors (Lipinski definition) is 3. The Morgan fingerprint density at radius 2 is 2.38 bits per heavy atom. The van der Waals surface area contributed by atoms with Crippen molar-refractivity contribution in [1.29, 1.82) is 0 Å². The molecule has 0 aliphatic carbocycles. The second-order valence-electron chi connectivity index (χ2n) is 3.50. The van der Waals surface area contributed by atoms with Crippen LogP contribution < -0.4 is 10.6 Å². The highest BCUT2D eigenvalue weighted by molar-refractivity contribution is 6.01. The van der Waals surface area contributed by atoms with E-state index in [0.29, 0.717) is 11.4 Å². The van der Waals surface area contributed by atoms with Crippen LogP contribution in [0, 0.1) is 0 Å². The highest BCUT2D eigenvalue weighted by atomic mass is 16.4. The molecule has 0 aliphatic rings. The zero-order valence-corrected chi connectivity index (χ0v) is 9.33. The summed E-state index contributed by atoms with van der Waals surface area (Å²) in [6, 6.07) is 3.31. The van der Waals surface area contributed by atoms with Crippen molar-refractivity contribution in [2.45, 2.75) is 13.0 Å². The third-order valence-electron chi connectivity index (χ3n) is 2.43. The number of oxime groups is 1. The second kappa shape index (κ2) is 5.32. The molecule has 0 amide bonds. The van der Waals surface area contributed by atoms with E-state index in [2.05, 4.69) is 10.1 Å². The first-order valence-electron chi connectivity index (χ1n) is 4.88. The maximum Gasteiger partial charge on any atom is 0.173 e. The van der Waals surface area contributed by atoms with Gasteiger partial charge in [-0.1, -0.05) is 5.16 Å². The smallest absolute Gasteiger partial charge is 0.173 e. The molecule has 6 heteroatoms. The largest absolute Gasteiger partial charge is 0.409 e. The predicted molar refractivity (Wildman–Crippen MR) is 61.7 cm³/mol. The molecule has 1 unspecified atom stereocenters. The van der Waals surface area contributed by atoms with Crippen LogP contribution in [0.2, 0.25) is 0 Å². The Hall–Kier alpha value is -1.82. The van der Waals surface area contributed by atoms with E-state index >= 15 is 0 Å². The molecule has 0 fully saturated rings. The monoisotopic (exact) mass is 224 g/mol. The summed E-state index contributed by atoms with van der Waals surface area (Å²) in [5, 5.41) is 20.7. The van der Waals surface area contributed by atoms with Crippen LogP contribution in [0.25, 0.3) is 0 Å². The Bertz CT molecular complexity index is 381. The fourth-order valence-electron chi connectivity index (χ4n) is 1.26. The first-order valence-corrected chi connectivity index (χ1v) is 4.88. The number of aromatic nitrogens is 1. The number of aliphatic hydroxyl groups is 1. The number of pyridine rings is 1. The standard InChI is InChI=1S/C10H16N4O2/c1-7(6-15)14(2)10-8(9(11)13-16)4-3-5-12-10/h3-5,7,15-16H,6H2,1-2H3,(H2,11,13). The van der Waals surface area contributed by atoms with Gasteiger partial charge >= 0.3 is 0 Å². The van der Waals surface area contributed by atoms with E-state index in [9.17, 15) is 0 Å². The quantitative estimate of drug-likeness (QED) is 0.289. The van der Waals surface area contributed by atoms with Crippen LogP contribution in [0.15, 0.2) is 23.5 Å². The molecule has 88 valence electrons. The third kappa shape index (κ3) is 2.40. The van der Waals surface area contributed by atoms with Crippen molar-refractivity contribution in [3.8, 4) is 0 Å². The maximum atomic E-state index is 9.07. The summed E-state index contributed by atoms with van der Waals surface area (Å²) in [7, 11) is 1.79. The molecule has 1 rings (SSSR count). The third-order valence-corrected chi connectivity index (χ3v) is 2.43. The zero-order valence-electron chi connectivity index (χ0n) is 9.33. The van der Waals surface area contributed by atoms with Crippen molar-refractivity contribution >= 4 is 11.7 Å². The minimum atomic E-state index is -0.0971. The van der Waals surface area contributed by atoms with E-state index in [1.807, 2.05) is 6.92 Å². The van der Waals surface area contributed by atoms with Gasteiger partial charge in [0.05, 0.1) is 18.2 Å². The van der Waals surface area contributed by atoms with E-state index in [0.717, 1.165) is 0 Å². The van der Waals surface area contributed by atoms with Gasteiger partial charge in [0.25, 0.3) is 0 Å². The predicted octanol–water partition coefficient (Wildman–Crippen LogP) is -0.00690. The summed E-state index contributed by atoms with van der Waals surface area (Å²) >= 11 is 0. The average molecular weight is 224 g/mol. The lowest BCUT2D eigenvalue weighted by Gasteiger charge is -2.25. The van der Waals surface area contributed by atoms with Gasteiger partial charge in [-0.25, -0.2) is 4.98 Å². The van der Waals surface area contributed by atoms with Crippen LogP contribution in [0.4, 0.5) is 5.82 Å². The second-order valence-corrected chi connectivity index (χ2v) is 3.50. The van der Waals surface area contributed by atoms with Gasteiger partial charge in [0.1, 0.15) is 5.82 Å². The van der Waals surface area contributed by atoms with E-state index in [-0.39, 0.29) is 18.5 Å². The lowest BCUT2D eigenvalue weighted by Crippen LogP contribution is -2.34. The number of nitrogens with two attached hydrogens (primary N) is 1. The van der Waals surface area contributed by atoms with E-state index in [4.69, 9.17) is 16.0 Å². The van der Waals surface area contributed by atoms with Gasteiger partial charge in [-0.15, -0.1) is 0 Å². The topological polar surface area (TPSA) is 95.0 Å². The Balaban J connectivity index is 3.13. The van der Waals surface area contributed by atoms with Gasteiger partial charge < -0.3 is 20.9 Å². The molecule has 0 bridgehead atoms. The molecule has 1 heterocycles. The van der Waals surface area contributed by atoms with Crippen LogP contribution in [0.3, 0.4) is 0 Å². The van der Waals surface area contributed by atoms with Crippen LogP contribution >= 0.6 is 0 Å². The highest BCUT2D eigenvalue weighted by Gasteiger charge is 2.15. The lowest BCUT2D eigenvalue weighted by molar-refractivity contribution is 0.269. The molecule has 1 aromatic heterocycles. The Labute approximate surface area is 94.0 Å². The van der Waals surface area contributed by atoms with Crippen LogP contribution in [0.1, 0.15) is 12.5 Å². The van der Waals surface area contributed by atoms with E-state index < -0.39 is 0 Å². The summed E-state index contributed by atoms with van der Waals surface area (Å²) in [5.41, 5.74) is 6.08. The number of rotatable bonds is 4. The highest BCUT2D eigenvalue weighted by Crippen LogP contribution is 2.17. The molecule has 4 N–H and O–H groups in total. The summed E-state index contributed by atoms with van der Waals surface area (Å²) in [6.45, 7) is 1.85. The van der Waals surface area contributed by atoms with Crippen molar-refractivity contribution in [2.75, 3.05) is 18.6 Å². The molecule has 1 atom stereocenters. The molecule has 0 saturated carbocycles. The normalized spacial score (nSPS) is 13.6. The van der Waals surface area contributed by atoms with Crippen LogP contribution in [-0.4, -0.2) is 40.8 Å². The summed E-state index contributed by atoms with van der Waals surface area (Å²) in [6.07, 6.45) is 1.62. The van der Waals surface area contributed by atoms with Crippen LogP contribution in [-0.2, 0) is 0 Å². The molecule has 0 saturated heterocycles. The first kappa shape index (κ1) is 12.3. The van der Waals surface area contributed by atoms with Crippen molar-refractivity contribution in [1.82, 2.24) is 4.98 Å². The number of nitrogens with zero attached hydrogens (tertiary/aromatic N) is 3. The SMILES string of the molecule is CC(CO)N(C)c1ncccc1/C(N)=N/O. The summed E-state index contributed by atoms with van der Waals surface area (Å²) < 4.78 is 0. The van der Waals surface area contributed by atoms with E-state index in [1.54, 1.807) is 30.3 Å². The van der Waals surface area contributed by atoms with Crippen molar-refractivity contribution in [3.05, 3.63) is 23.9 Å². The minimum absolute atomic E-state index is 0.0000831. The fraction of sp³-hybridized carbons (Fsp3) is 0.400. The fourth-order valence-corrected chi connectivity index (χ4v) is 1.26. The van der Waals surface area contributed by atoms with Crippen LogP contribution in [0.5, 0.6) is 0 Å². The molecule has 6 nitrogen and oxygen atoms in total. The summed E-state index contributed by atoms with van der Waals surface area (Å²) in [5.74, 6) is 0.569. The van der Waals surface area contributed by atoms with Gasteiger partial charge in [0, 0.05) is 13.2 Å². The van der Waals surface area contributed by atoms with Crippen molar-refractivity contribution < 1.29 is 10.3 Å². The van der Waals surface area contributed by atoms with Gasteiger partial charge in [0.15, 0.2) is 5.84 Å². The number of hydrogen-bond acceptors (Lipinski definition) is 5. The molecule has 0 aliphatic heterocycles. The molecule has 0 aromatic carbocycles. The molecular formula is C10H16N4O2.